The second-order valence-electron chi connectivity index (χ2n) is 7.41. The molecule has 3 heterocycles. The Kier molecular flexibility index (Phi) is 4.88. The molecule has 1 aromatic carbocycles. The van der Waals surface area contributed by atoms with E-state index >= 15 is 0 Å². The molecule has 2 unspecified atom stereocenters. The molecule has 8 heteroatoms. The van der Waals surface area contributed by atoms with E-state index in [-0.39, 0.29) is 29.3 Å². The maximum atomic E-state index is 11.4. The van der Waals surface area contributed by atoms with Crippen molar-refractivity contribution in [3.63, 3.8) is 0 Å². The number of carbonyl (C=O) groups is 1. The molecule has 1 aliphatic carbocycles. The molecule has 29 heavy (non-hydrogen) atoms. The second kappa shape index (κ2) is 7.41. The third kappa shape index (κ3) is 3.17. The summed E-state index contributed by atoms with van der Waals surface area (Å²) in [6, 6.07) is 7.94. The molecule has 0 spiro atoms. The van der Waals surface area contributed by atoms with Crippen LogP contribution in [0.2, 0.25) is 5.02 Å². The molecule has 1 saturated heterocycles. The fraction of sp³-hybridized carbons (Fsp3) is 0.333. The van der Waals surface area contributed by atoms with Gasteiger partial charge in [-0.25, -0.2) is 10.3 Å². The van der Waals surface area contributed by atoms with Crippen molar-refractivity contribution in [2.45, 2.75) is 19.5 Å². The Bertz CT molecular complexity index is 1020. The summed E-state index contributed by atoms with van der Waals surface area (Å²) in [6.07, 6.45) is 10.1. The minimum absolute atomic E-state index is 0.0122. The molecule has 0 radical (unpaired) electrons. The number of para-hydroxylation sites is 1. The molecule has 2 atom stereocenters. The van der Waals surface area contributed by atoms with Crippen LogP contribution in [-0.2, 0) is 9.53 Å². The zero-order valence-corrected chi connectivity index (χ0v) is 18.0. The fourth-order valence-corrected chi connectivity index (χ4v) is 6.72. The number of rotatable bonds is 3. The van der Waals surface area contributed by atoms with Gasteiger partial charge < -0.3 is 9.64 Å². The van der Waals surface area contributed by atoms with Gasteiger partial charge in [0.1, 0.15) is 6.17 Å². The third-order valence-electron chi connectivity index (χ3n) is 5.70. The van der Waals surface area contributed by atoms with Crippen LogP contribution < -0.4 is 10.3 Å². The minimum Gasteiger partial charge on any atom is -0.448 e. The Morgan fingerprint density at radius 3 is 3.00 bits per heavy atom. The SMILES string of the molecule is CC(=O)OCN1NCN2C3=S(C)C4=C(CC=C4)C3=CN(c3ccccc3Cl)CC12. The first-order chi connectivity index (χ1) is 14.0. The number of hydrogen-bond donors (Lipinski definition) is 1. The highest BCUT2D eigenvalue weighted by atomic mass is 35.5. The van der Waals surface area contributed by atoms with E-state index in [1.165, 1.54) is 28.0 Å². The first-order valence-corrected chi connectivity index (χ1v) is 11.6. The van der Waals surface area contributed by atoms with Crippen molar-refractivity contribution >= 4 is 38.7 Å². The van der Waals surface area contributed by atoms with Crippen LogP contribution in [0.15, 0.2) is 58.7 Å². The van der Waals surface area contributed by atoms with Crippen LogP contribution in [0.5, 0.6) is 0 Å². The summed E-state index contributed by atoms with van der Waals surface area (Å²) < 4.78 is 5.30. The monoisotopic (exact) mass is 430 g/mol. The topological polar surface area (TPSA) is 48.1 Å². The molecule has 6 nitrogen and oxygen atoms in total. The molecule has 0 saturated carbocycles. The largest absolute Gasteiger partial charge is 0.448 e. The lowest BCUT2D eigenvalue weighted by molar-refractivity contribution is -0.147. The smallest absolute Gasteiger partial charge is 0.303 e. The number of allylic oxidation sites excluding steroid dienone is 2. The molecule has 0 aromatic heterocycles. The molecule has 152 valence electrons. The Morgan fingerprint density at radius 2 is 2.21 bits per heavy atom. The number of hydrazine groups is 1. The van der Waals surface area contributed by atoms with E-state index < -0.39 is 0 Å². The summed E-state index contributed by atoms with van der Waals surface area (Å²) in [5, 5.41) is 2.73. The highest BCUT2D eigenvalue weighted by Gasteiger charge is 2.43. The van der Waals surface area contributed by atoms with Crippen LogP contribution >= 0.6 is 22.1 Å². The number of ether oxygens (including phenoxy) is 1. The quantitative estimate of drug-likeness (QED) is 0.587. The lowest BCUT2D eigenvalue weighted by Gasteiger charge is -2.31. The maximum Gasteiger partial charge on any atom is 0.303 e. The van der Waals surface area contributed by atoms with Gasteiger partial charge in [-0.2, -0.15) is 5.01 Å². The number of nitrogens with zero attached hydrogens (tertiary/aromatic N) is 3. The standard InChI is InChI=1S/C21H23ClN4O2S/c1-14(27)28-13-26-20-11-24(18-8-4-3-7-17(18)22)10-16-15-6-5-9-19(15)29(2)21(16)25(20)12-23-26/h3-5,7-10,20,23H,6,11-13H2,1-2H3. The van der Waals surface area contributed by atoms with Crippen LogP contribution in [-0.4, -0.2) is 53.2 Å². The number of fused-ring (bicyclic) bond motifs is 4. The van der Waals surface area contributed by atoms with E-state index in [1.807, 2.05) is 23.2 Å². The van der Waals surface area contributed by atoms with Crippen molar-refractivity contribution in [3.05, 3.63) is 63.7 Å². The zero-order chi connectivity index (χ0) is 20.1. The van der Waals surface area contributed by atoms with E-state index in [0.29, 0.717) is 13.2 Å². The molecular weight excluding hydrogens is 408 g/mol. The number of halogens is 1. The van der Waals surface area contributed by atoms with Gasteiger partial charge in [-0.05, 0) is 30.4 Å². The first-order valence-electron chi connectivity index (χ1n) is 9.61. The average molecular weight is 431 g/mol. The summed E-state index contributed by atoms with van der Waals surface area (Å²) in [6.45, 7) is 3.04. The normalized spacial score (nSPS) is 26.4. The van der Waals surface area contributed by atoms with Gasteiger partial charge in [0.05, 0.1) is 28.9 Å². The lowest BCUT2D eigenvalue weighted by Crippen LogP contribution is -2.49. The van der Waals surface area contributed by atoms with Gasteiger partial charge in [-0.3, -0.25) is 4.79 Å². The lowest BCUT2D eigenvalue weighted by atomic mass is 10.1. The summed E-state index contributed by atoms with van der Waals surface area (Å²) in [5.74, 6) is -0.282. The summed E-state index contributed by atoms with van der Waals surface area (Å²) in [4.78, 5) is 18.8. The number of carbonyl (C=O) groups excluding carboxylic acids is 1. The predicted octanol–water partition coefficient (Wildman–Crippen LogP) is 3.23. The number of anilines is 1. The summed E-state index contributed by atoms with van der Waals surface area (Å²) in [7, 11) is 0.0122. The van der Waals surface area contributed by atoms with Crippen molar-refractivity contribution in [2.24, 2.45) is 0 Å². The van der Waals surface area contributed by atoms with E-state index in [0.717, 1.165) is 17.1 Å². The average Bonchev–Trinajstić information content (AvgIpc) is 3.35. The minimum atomic E-state index is -0.282. The van der Waals surface area contributed by atoms with Crippen molar-refractivity contribution in [1.29, 1.82) is 0 Å². The van der Waals surface area contributed by atoms with Crippen LogP contribution in [0.4, 0.5) is 5.69 Å². The van der Waals surface area contributed by atoms with Crippen molar-refractivity contribution in [2.75, 3.05) is 31.1 Å². The van der Waals surface area contributed by atoms with E-state index in [1.54, 1.807) is 0 Å². The van der Waals surface area contributed by atoms with Gasteiger partial charge >= 0.3 is 5.97 Å². The highest BCUT2D eigenvalue weighted by Crippen LogP contribution is 2.48. The summed E-state index contributed by atoms with van der Waals surface area (Å²) >= 11 is 6.56. The van der Waals surface area contributed by atoms with Crippen molar-refractivity contribution in [1.82, 2.24) is 15.3 Å². The van der Waals surface area contributed by atoms with Crippen LogP contribution in [0.25, 0.3) is 0 Å². The van der Waals surface area contributed by atoms with Gasteiger partial charge in [0.15, 0.2) is 6.73 Å². The van der Waals surface area contributed by atoms with Gasteiger partial charge in [0.25, 0.3) is 0 Å². The first kappa shape index (κ1) is 19.1. The fourth-order valence-electron chi connectivity index (χ4n) is 4.36. The Morgan fingerprint density at radius 1 is 1.38 bits per heavy atom. The molecule has 5 rings (SSSR count). The zero-order valence-electron chi connectivity index (χ0n) is 16.4. The van der Waals surface area contributed by atoms with Crippen LogP contribution in [0.1, 0.15) is 13.3 Å². The van der Waals surface area contributed by atoms with Gasteiger partial charge in [-0.1, -0.05) is 35.9 Å². The Labute approximate surface area is 177 Å². The Hall–Kier alpha value is -1.90. The highest BCUT2D eigenvalue weighted by molar-refractivity contribution is 8.19. The van der Waals surface area contributed by atoms with Crippen molar-refractivity contribution in [3.8, 4) is 0 Å². The number of hydrogen-bond acceptors (Lipinski definition) is 6. The molecule has 1 aromatic rings. The number of benzene rings is 1. The van der Waals surface area contributed by atoms with Crippen LogP contribution in [0, 0.1) is 0 Å². The van der Waals surface area contributed by atoms with Crippen LogP contribution in [0.3, 0.4) is 0 Å². The van der Waals surface area contributed by atoms with Crippen molar-refractivity contribution < 1.29 is 9.53 Å². The molecule has 4 aliphatic rings. The number of nitrogens with one attached hydrogen (secondary N) is 1. The van der Waals surface area contributed by atoms with Gasteiger partial charge in [-0.15, -0.1) is 10.5 Å². The van der Waals surface area contributed by atoms with Gasteiger partial charge in [0.2, 0.25) is 0 Å². The van der Waals surface area contributed by atoms with E-state index in [9.17, 15) is 4.79 Å². The third-order valence-corrected chi connectivity index (χ3v) is 8.10. The summed E-state index contributed by atoms with van der Waals surface area (Å²) in [5.41, 5.74) is 7.11. The van der Waals surface area contributed by atoms with E-state index in [4.69, 9.17) is 16.3 Å². The second-order valence-corrected chi connectivity index (χ2v) is 9.67. The Balaban J connectivity index is 1.59. The molecule has 1 fully saturated rings. The predicted molar refractivity (Wildman–Crippen MR) is 118 cm³/mol. The molecule has 1 N–H and O–H groups in total. The molecule has 0 amide bonds. The molecule has 0 bridgehead atoms. The van der Waals surface area contributed by atoms with Gasteiger partial charge in [0, 0.05) is 23.6 Å². The van der Waals surface area contributed by atoms with E-state index in [2.05, 4.69) is 45.9 Å². The molecule has 3 aliphatic heterocycles. The molecular formula is C21H23ClN4O2S. The maximum absolute atomic E-state index is 11.4. The number of esters is 1.